The molecule has 154 valence electrons. The molecule has 1 aliphatic rings. The summed E-state index contributed by atoms with van der Waals surface area (Å²) in [5.74, 6) is -1.42. The highest BCUT2D eigenvalue weighted by Gasteiger charge is 2.42. The van der Waals surface area contributed by atoms with E-state index in [1.54, 1.807) is 41.4 Å². The topological polar surface area (TPSA) is 42.4 Å². The second-order valence-corrected chi connectivity index (χ2v) is 7.77. The zero-order chi connectivity index (χ0) is 21.3. The molecule has 0 radical (unpaired) electrons. The van der Waals surface area contributed by atoms with Gasteiger partial charge < -0.3 is 9.64 Å². The zero-order valence-electron chi connectivity index (χ0n) is 16.2. The van der Waals surface area contributed by atoms with E-state index >= 15 is 0 Å². The Morgan fingerprint density at radius 3 is 2.47 bits per heavy atom. The number of aryl methyl sites for hydroxylation is 1. The number of benzene rings is 2. The van der Waals surface area contributed by atoms with Crippen molar-refractivity contribution in [1.82, 2.24) is 4.98 Å². The van der Waals surface area contributed by atoms with E-state index < -0.39 is 17.7 Å². The van der Waals surface area contributed by atoms with E-state index in [0.717, 1.165) is 11.6 Å². The normalized spacial score (nSPS) is 18.7. The Kier molecular flexibility index (Phi) is 5.68. The summed E-state index contributed by atoms with van der Waals surface area (Å²) in [6.07, 6.45) is 1.82. The smallest absolute Gasteiger partial charge is 0.228 e. The van der Waals surface area contributed by atoms with Crippen molar-refractivity contribution < 1.29 is 18.3 Å². The molecule has 4 rings (SSSR count). The molecule has 3 aromatic rings. The lowest BCUT2D eigenvalue weighted by Crippen LogP contribution is -2.30. The van der Waals surface area contributed by atoms with Gasteiger partial charge in [0.25, 0.3) is 0 Å². The maximum absolute atomic E-state index is 14.0. The van der Waals surface area contributed by atoms with Crippen LogP contribution in [0.5, 0.6) is 5.88 Å². The van der Waals surface area contributed by atoms with Crippen LogP contribution in [0.2, 0.25) is 5.02 Å². The van der Waals surface area contributed by atoms with Crippen molar-refractivity contribution in [2.24, 2.45) is 5.92 Å². The Balaban J connectivity index is 1.69. The van der Waals surface area contributed by atoms with Crippen molar-refractivity contribution in [3.8, 4) is 5.88 Å². The van der Waals surface area contributed by atoms with Crippen molar-refractivity contribution in [1.29, 1.82) is 0 Å². The Morgan fingerprint density at radius 1 is 1.10 bits per heavy atom. The first kappa shape index (κ1) is 20.3. The SMILES string of the molecule is Cc1ccnc(OC[C@@H]2CC(=O)N(c3ccc(Cl)cc3)[C@H]2c2cc(F)cc(F)c2)c1. The van der Waals surface area contributed by atoms with Gasteiger partial charge in [-0.1, -0.05) is 11.6 Å². The van der Waals surface area contributed by atoms with Gasteiger partial charge in [0, 0.05) is 41.4 Å². The molecule has 0 N–H and O–H groups in total. The van der Waals surface area contributed by atoms with Crippen molar-refractivity contribution >= 4 is 23.2 Å². The number of halogens is 3. The van der Waals surface area contributed by atoms with E-state index in [4.69, 9.17) is 16.3 Å². The molecule has 0 spiro atoms. The minimum absolute atomic E-state index is 0.155. The monoisotopic (exact) mass is 428 g/mol. The first-order chi connectivity index (χ1) is 14.4. The summed E-state index contributed by atoms with van der Waals surface area (Å²) < 4.78 is 33.8. The molecule has 1 fully saturated rings. The number of aromatic nitrogens is 1. The van der Waals surface area contributed by atoms with Crippen LogP contribution in [-0.2, 0) is 4.79 Å². The number of nitrogens with zero attached hydrogens (tertiary/aromatic N) is 2. The second kappa shape index (κ2) is 8.40. The minimum Gasteiger partial charge on any atom is -0.477 e. The molecule has 0 unspecified atom stereocenters. The number of anilines is 1. The van der Waals surface area contributed by atoms with E-state index in [9.17, 15) is 13.6 Å². The lowest BCUT2D eigenvalue weighted by Gasteiger charge is -2.29. The van der Waals surface area contributed by atoms with Crippen molar-refractivity contribution in [3.05, 3.63) is 88.6 Å². The van der Waals surface area contributed by atoms with Crippen molar-refractivity contribution in [2.75, 3.05) is 11.5 Å². The molecule has 2 aromatic carbocycles. The van der Waals surface area contributed by atoms with Crippen LogP contribution in [0.15, 0.2) is 60.8 Å². The highest BCUT2D eigenvalue weighted by atomic mass is 35.5. The number of carbonyl (C=O) groups is 1. The van der Waals surface area contributed by atoms with Crippen LogP contribution in [0, 0.1) is 24.5 Å². The third-order valence-electron chi connectivity index (χ3n) is 5.10. The molecular weight excluding hydrogens is 410 g/mol. The Labute approximate surface area is 178 Å². The average Bonchev–Trinajstić information content (AvgIpc) is 3.02. The maximum Gasteiger partial charge on any atom is 0.228 e. The van der Waals surface area contributed by atoms with Gasteiger partial charge in [-0.15, -0.1) is 0 Å². The van der Waals surface area contributed by atoms with Crippen LogP contribution in [0.25, 0.3) is 0 Å². The van der Waals surface area contributed by atoms with E-state index in [-0.39, 0.29) is 24.9 Å². The number of pyridine rings is 1. The van der Waals surface area contributed by atoms with Crippen molar-refractivity contribution in [3.63, 3.8) is 0 Å². The number of hydrogen-bond donors (Lipinski definition) is 0. The molecule has 1 aliphatic heterocycles. The van der Waals surface area contributed by atoms with Gasteiger partial charge in [0.05, 0.1) is 12.6 Å². The second-order valence-electron chi connectivity index (χ2n) is 7.33. The fourth-order valence-electron chi connectivity index (χ4n) is 3.80. The predicted molar refractivity (Wildman–Crippen MR) is 111 cm³/mol. The molecule has 2 heterocycles. The van der Waals surface area contributed by atoms with Gasteiger partial charge in [-0.25, -0.2) is 13.8 Å². The zero-order valence-corrected chi connectivity index (χ0v) is 16.9. The Morgan fingerprint density at radius 2 is 1.80 bits per heavy atom. The predicted octanol–water partition coefficient (Wildman–Crippen LogP) is 5.49. The number of amides is 1. The highest BCUT2D eigenvalue weighted by molar-refractivity contribution is 6.30. The fourth-order valence-corrected chi connectivity index (χ4v) is 3.93. The van der Waals surface area contributed by atoms with E-state index in [1.165, 1.54) is 12.1 Å². The molecule has 4 nitrogen and oxygen atoms in total. The molecule has 30 heavy (non-hydrogen) atoms. The van der Waals surface area contributed by atoms with E-state index in [1.807, 2.05) is 13.0 Å². The van der Waals surface area contributed by atoms with Gasteiger partial charge in [0.2, 0.25) is 11.8 Å². The Hall–Kier alpha value is -2.99. The van der Waals surface area contributed by atoms with Gasteiger partial charge in [-0.05, 0) is 60.5 Å². The van der Waals surface area contributed by atoms with Gasteiger partial charge >= 0.3 is 0 Å². The van der Waals surface area contributed by atoms with Gasteiger partial charge in [0.15, 0.2) is 0 Å². The third kappa shape index (κ3) is 4.28. The average molecular weight is 429 g/mol. The summed E-state index contributed by atoms with van der Waals surface area (Å²) in [4.78, 5) is 18.7. The van der Waals surface area contributed by atoms with Crippen LogP contribution >= 0.6 is 11.6 Å². The van der Waals surface area contributed by atoms with Crippen LogP contribution in [-0.4, -0.2) is 17.5 Å². The van der Waals surface area contributed by atoms with Crippen LogP contribution in [0.4, 0.5) is 14.5 Å². The van der Waals surface area contributed by atoms with Crippen LogP contribution in [0.3, 0.4) is 0 Å². The lowest BCUT2D eigenvalue weighted by molar-refractivity contribution is -0.117. The quantitative estimate of drug-likeness (QED) is 0.539. The standard InChI is InChI=1S/C23H19ClF2N2O2/c1-14-6-7-27-21(8-14)30-13-16-11-22(29)28(20-4-2-17(24)3-5-20)23(16)15-9-18(25)12-19(26)10-15/h2-10,12,16,23H,11,13H2,1H3/t16-,23-/m0/s1. The number of hydrogen-bond acceptors (Lipinski definition) is 3. The molecule has 2 atom stereocenters. The largest absolute Gasteiger partial charge is 0.477 e. The van der Waals surface area contributed by atoms with Crippen LogP contribution < -0.4 is 9.64 Å². The van der Waals surface area contributed by atoms with E-state index in [0.29, 0.717) is 22.2 Å². The highest BCUT2D eigenvalue weighted by Crippen LogP contribution is 2.42. The van der Waals surface area contributed by atoms with Crippen LogP contribution in [0.1, 0.15) is 23.6 Å². The van der Waals surface area contributed by atoms with E-state index in [2.05, 4.69) is 4.98 Å². The summed E-state index contributed by atoms with van der Waals surface area (Å²) in [7, 11) is 0. The van der Waals surface area contributed by atoms with Crippen molar-refractivity contribution in [2.45, 2.75) is 19.4 Å². The summed E-state index contributed by atoms with van der Waals surface area (Å²) in [5, 5.41) is 0.532. The number of ether oxygens (including phenoxy) is 1. The number of rotatable bonds is 5. The molecule has 0 aliphatic carbocycles. The minimum atomic E-state index is -0.694. The molecule has 0 bridgehead atoms. The van der Waals surface area contributed by atoms with Gasteiger partial charge in [0.1, 0.15) is 11.6 Å². The Bertz CT molecular complexity index is 1050. The summed E-state index contributed by atoms with van der Waals surface area (Å²) >= 11 is 5.98. The summed E-state index contributed by atoms with van der Waals surface area (Å²) in [6.45, 7) is 2.10. The number of carbonyl (C=O) groups excluding carboxylic acids is 1. The molecule has 1 saturated heterocycles. The van der Waals surface area contributed by atoms with Gasteiger partial charge in [-0.2, -0.15) is 0 Å². The first-order valence-electron chi connectivity index (χ1n) is 9.50. The summed E-state index contributed by atoms with van der Waals surface area (Å²) in [6, 6.07) is 13.2. The fraction of sp³-hybridized carbons (Fsp3) is 0.217. The third-order valence-corrected chi connectivity index (χ3v) is 5.35. The molecular formula is C23H19ClF2N2O2. The molecule has 1 aromatic heterocycles. The molecule has 0 saturated carbocycles. The molecule has 7 heteroatoms. The lowest BCUT2D eigenvalue weighted by atomic mass is 9.94. The first-order valence-corrected chi connectivity index (χ1v) is 9.87. The molecule has 1 amide bonds. The van der Waals surface area contributed by atoms with Gasteiger partial charge in [-0.3, -0.25) is 4.79 Å². The maximum atomic E-state index is 14.0. The summed E-state index contributed by atoms with van der Waals surface area (Å²) in [5.41, 5.74) is 1.98.